The van der Waals surface area contributed by atoms with Crippen LogP contribution in [-0.4, -0.2) is 46.4 Å². The van der Waals surface area contributed by atoms with Gasteiger partial charge in [-0.15, -0.1) is 0 Å². The van der Waals surface area contributed by atoms with Gasteiger partial charge < -0.3 is 9.88 Å². The van der Waals surface area contributed by atoms with Gasteiger partial charge in [0, 0.05) is 50.7 Å². The summed E-state index contributed by atoms with van der Waals surface area (Å²) in [7, 11) is -2.29. The highest BCUT2D eigenvalue weighted by Gasteiger charge is 2.41. The van der Waals surface area contributed by atoms with Gasteiger partial charge in [0.1, 0.15) is 5.82 Å². The normalized spacial score (nSPS) is 19.9. The summed E-state index contributed by atoms with van der Waals surface area (Å²) in [6, 6.07) is 5.93. The van der Waals surface area contributed by atoms with E-state index in [0.717, 1.165) is 12.3 Å². The molecule has 12 heteroatoms. The van der Waals surface area contributed by atoms with E-state index >= 15 is 0 Å². The Hall–Kier alpha value is -2.99. The summed E-state index contributed by atoms with van der Waals surface area (Å²) in [6.45, 7) is 0.0335. The molecule has 0 saturated carbocycles. The minimum absolute atomic E-state index is 0.0167. The number of sulfonamides is 1. The highest BCUT2D eigenvalue weighted by atomic mass is 32.2. The van der Waals surface area contributed by atoms with Crippen LogP contribution in [-0.2, 0) is 23.2 Å². The molecule has 0 amide bonds. The zero-order chi connectivity index (χ0) is 23.1. The fraction of sp³-hybridized carbons (Fsp3) is 0.300. The molecule has 2 atom stereocenters. The van der Waals surface area contributed by atoms with Crippen molar-refractivity contribution < 1.29 is 26.0 Å². The van der Waals surface area contributed by atoms with E-state index < -0.39 is 39.5 Å². The third-order valence-corrected chi connectivity index (χ3v) is 7.00. The molecule has 0 spiro atoms. The Morgan fingerprint density at radius 1 is 1.12 bits per heavy atom. The van der Waals surface area contributed by atoms with Crippen molar-refractivity contribution in [2.24, 2.45) is 7.05 Å². The molecule has 1 aliphatic heterocycles. The van der Waals surface area contributed by atoms with Gasteiger partial charge in [-0.1, -0.05) is 12.1 Å². The van der Waals surface area contributed by atoms with Crippen LogP contribution in [0.5, 0.6) is 0 Å². The van der Waals surface area contributed by atoms with E-state index in [4.69, 9.17) is 0 Å². The molecule has 0 radical (unpaired) electrons. The predicted octanol–water partition coefficient (Wildman–Crippen LogP) is 3.24. The van der Waals surface area contributed by atoms with Crippen molar-refractivity contribution in [3.63, 3.8) is 0 Å². The Labute approximate surface area is 181 Å². The number of hydrogen-bond donors (Lipinski definition) is 1. The summed E-state index contributed by atoms with van der Waals surface area (Å²) < 4.78 is 81.5. The molecule has 7 nitrogen and oxygen atoms in total. The number of benzene rings is 1. The van der Waals surface area contributed by atoms with Crippen LogP contribution in [0, 0.1) is 5.82 Å². The van der Waals surface area contributed by atoms with Crippen LogP contribution < -0.4 is 5.32 Å². The summed E-state index contributed by atoms with van der Waals surface area (Å²) in [4.78, 5) is 7.56. The number of aryl methyl sites for hydroxylation is 1. The molecule has 1 aliphatic rings. The summed E-state index contributed by atoms with van der Waals surface area (Å²) in [5, 5.41) is 2.86. The molecular formula is C20H19F4N5O2S. The summed E-state index contributed by atoms with van der Waals surface area (Å²) in [6.07, 6.45) is 0.136. The second-order valence-corrected chi connectivity index (χ2v) is 9.45. The van der Waals surface area contributed by atoms with Crippen molar-refractivity contribution in [2.45, 2.75) is 23.2 Å². The lowest BCUT2D eigenvalue weighted by Crippen LogP contribution is -2.32. The first-order valence-electron chi connectivity index (χ1n) is 9.56. The molecule has 1 fully saturated rings. The first-order valence-corrected chi connectivity index (χ1v) is 11.0. The van der Waals surface area contributed by atoms with Crippen LogP contribution in [0.25, 0.3) is 0 Å². The van der Waals surface area contributed by atoms with E-state index in [2.05, 4.69) is 15.3 Å². The van der Waals surface area contributed by atoms with Crippen LogP contribution >= 0.6 is 0 Å². The molecule has 0 unspecified atom stereocenters. The number of nitrogens with zero attached hydrogens (tertiary/aromatic N) is 4. The molecule has 1 aromatic carbocycles. The van der Waals surface area contributed by atoms with Crippen LogP contribution in [0.3, 0.4) is 0 Å². The number of hydrogen-bond acceptors (Lipinski definition) is 5. The molecule has 1 saturated heterocycles. The molecule has 3 aromatic rings. The molecule has 0 bridgehead atoms. The predicted molar refractivity (Wildman–Crippen MR) is 108 cm³/mol. The number of pyridine rings is 1. The summed E-state index contributed by atoms with van der Waals surface area (Å²) >= 11 is 0. The van der Waals surface area contributed by atoms with Gasteiger partial charge in [0.15, 0.2) is 5.03 Å². The maximum Gasteiger partial charge on any atom is 0.417 e. The van der Waals surface area contributed by atoms with E-state index in [-0.39, 0.29) is 23.8 Å². The minimum Gasteiger partial charge on any atom is -0.379 e. The van der Waals surface area contributed by atoms with Crippen molar-refractivity contribution in [3.8, 4) is 0 Å². The minimum atomic E-state index is -4.56. The molecule has 2 aromatic heterocycles. The van der Waals surface area contributed by atoms with Crippen molar-refractivity contribution in [1.82, 2.24) is 18.8 Å². The van der Waals surface area contributed by atoms with Crippen molar-refractivity contribution in [1.29, 1.82) is 0 Å². The fourth-order valence-electron chi connectivity index (χ4n) is 3.70. The van der Waals surface area contributed by atoms with Gasteiger partial charge in [0.2, 0.25) is 0 Å². The second-order valence-electron chi connectivity index (χ2n) is 7.57. The summed E-state index contributed by atoms with van der Waals surface area (Å²) in [5.41, 5.74) is -0.159. The number of aromatic nitrogens is 3. The van der Waals surface area contributed by atoms with Gasteiger partial charge in [-0.2, -0.15) is 17.5 Å². The van der Waals surface area contributed by atoms with E-state index in [1.807, 2.05) is 0 Å². The third-order valence-electron chi connectivity index (χ3n) is 5.29. The average Bonchev–Trinajstić information content (AvgIpc) is 3.36. The monoisotopic (exact) mass is 469 g/mol. The van der Waals surface area contributed by atoms with Crippen LogP contribution in [0.15, 0.2) is 60.3 Å². The average molecular weight is 469 g/mol. The van der Waals surface area contributed by atoms with Gasteiger partial charge in [0.25, 0.3) is 10.0 Å². The number of nitrogens with one attached hydrogen (secondary N) is 1. The van der Waals surface area contributed by atoms with Gasteiger partial charge in [-0.25, -0.2) is 17.8 Å². The van der Waals surface area contributed by atoms with Crippen molar-refractivity contribution in [3.05, 3.63) is 72.2 Å². The molecule has 0 aliphatic carbocycles. The highest BCUT2D eigenvalue weighted by Crippen LogP contribution is 2.35. The van der Waals surface area contributed by atoms with E-state index in [1.54, 1.807) is 7.05 Å². The number of halogens is 4. The summed E-state index contributed by atoms with van der Waals surface area (Å²) in [5.74, 6) is -0.889. The van der Waals surface area contributed by atoms with Gasteiger partial charge in [-0.3, -0.25) is 4.98 Å². The molecule has 1 N–H and O–H groups in total. The standard InChI is InChI=1S/C20H19F4N5O2S/c1-28-11-19(26-12-28)32(30,31)29-9-17(13-2-4-15(21)5-3-13)18(10-29)27-16-6-14(7-25-8-16)20(22,23)24/h2-8,11-12,17-18,27H,9-10H2,1H3/t17-,18+/m0/s1. The van der Waals surface area contributed by atoms with Gasteiger partial charge in [0.05, 0.1) is 17.6 Å². The number of imidazole rings is 1. The Morgan fingerprint density at radius 3 is 2.47 bits per heavy atom. The molecular weight excluding hydrogens is 450 g/mol. The zero-order valence-electron chi connectivity index (χ0n) is 16.8. The first kappa shape index (κ1) is 22.2. The Bertz CT molecular complexity index is 1210. The Kier molecular flexibility index (Phi) is 5.67. The van der Waals surface area contributed by atoms with Gasteiger partial charge in [-0.05, 0) is 23.8 Å². The lowest BCUT2D eigenvalue weighted by Gasteiger charge is -2.21. The number of rotatable bonds is 5. The van der Waals surface area contributed by atoms with Crippen LogP contribution in [0.2, 0.25) is 0 Å². The Balaban J connectivity index is 1.66. The highest BCUT2D eigenvalue weighted by molar-refractivity contribution is 7.89. The second kappa shape index (κ2) is 8.17. The lowest BCUT2D eigenvalue weighted by atomic mass is 9.94. The maximum atomic E-state index is 13.4. The smallest absolute Gasteiger partial charge is 0.379 e. The van der Waals surface area contributed by atoms with E-state index in [0.29, 0.717) is 5.56 Å². The SMILES string of the molecule is Cn1cnc(S(=O)(=O)N2C[C@@H](Nc3cncc(C(F)(F)F)c3)[C@H](c3ccc(F)cc3)C2)c1. The Morgan fingerprint density at radius 2 is 1.84 bits per heavy atom. The van der Waals surface area contributed by atoms with E-state index in [9.17, 15) is 26.0 Å². The third kappa shape index (κ3) is 4.46. The molecule has 3 heterocycles. The topological polar surface area (TPSA) is 80.1 Å². The first-order chi connectivity index (χ1) is 15.0. The molecule has 170 valence electrons. The number of anilines is 1. The largest absolute Gasteiger partial charge is 0.417 e. The zero-order valence-corrected chi connectivity index (χ0v) is 17.6. The van der Waals surface area contributed by atoms with Crippen molar-refractivity contribution in [2.75, 3.05) is 18.4 Å². The van der Waals surface area contributed by atoms with Crippen LogP contribution in [0.1, 0.15) is 17.0 Å². The van der Waals surface area contributed by atoms with Crippen LogP contribution in [0.4, 0.5) is 23.2 Å². The molecule has 32 heavy (non-hydrogen) atoms. The maximum absolute atomic E-state index is 13.4. The molecule has 4 rings (SSSR count). The fourth-order valence-corrected chi connectivity index (χ4v) is 5.16. The quantitative estimate of drug-likeness (QED) is 0.581. The lowest BCUT2D eigenvalue weighted by molar-refractivity contribution is -0.137. The van der Waals surface area contributed by atoms with Crippen molar-refractivity contribution >= 4 is 15.7 Å². The number of alkyl halides is 3. The van der Waals surface area contributed by atoms with Gasteiger partial charge >= 0.3 is 6.18 Å². The van der Waals surface area contributed by atoms with E-state index in [1.165, 1.54) is 51.9 Å².